The van der Waals surface area contributed by atoms with Gasteiger partial charge in [0.15, 0.2) is 12.0 Å². The van der Waals surface area contributed by atoms with Crippen molar-refractivity contribution in [2.24, 2.45) is 5.92 Å². The van der Waals surface area contributed by atoms with E-state index < -0.39 is 0 Å². The minimum absolute atomic E-state index is 0.0954. The number of nitrogens with zero attached hydrogens (tertiary/aromatic N) is 5. The van der Waals surface area contributed by atoms with E-state index in [2.05, 4.69) is 9.97 Å². The Kier molecular flexibility index (Phi) is 5.51. The molecule has 1 aliphatic carbocycles. The van der Waals surface area contributed by atoms with E-state index in [0.29, 0.717) is 36.7 Å². The average Bonchev–Trinajstić information content (AvgIpc) is 2.94. The lowest BCUT2D eigenvalue weighted by Crippen LogP contribution is -2.35. The number of allylic oxidation sites excluding steroid dienone is 3. The predicted molar refractivity (Wildman–Crippen MR) is 127 cm³/mol. The van der Waals surface area contributed by atoms with Crippen molar-refractivity contribution >= 4 is 28.9 Å². The van der Waals surface area contributed by atoms with Crippen molar-refractivity contribution in [3.63, 3.8) is 0 Å². The van der Waals surface area contributed by atoms with Crippen LogP contribution in [0.3, 0.4) is 0 Å². The topological polar surface area (TPSA) is 84.6 Å². The third-order valence-electron chi connectivity index (χ3n) is 6.17. The van der Waals surface area contributed by atoms with Gasteiger partial charge in [0.2, 0.25) is 5.71 Å². The Balaban J connectivity index is 1.34. The van der Waals surface area contributed by atoms with E-state index in [4.69, 9.17) is 4.74 Å². The third kappa shape index (κ3) is 3.72. The summed E-state index contributed by atoms with van der Waals surface area (Å²) < 4.78 is 7.00. The first-order valence-corrected chi connectivity index (χ1v) is 11.1. The molecule has 2 unspecified atom stereocenters. The molecule has 0 aromatic carbocycles. The van der Waals surface area contributed by atoms with Crippen LogP contribution in [0, 0.1) is 11.1 Å². The van der Waals surface area contributed by atoms with Crippen LogP contribution in [0.2, 0.25) is 0 Å². The van der Waals surface area contributed by atoms with Gasteiger partial charge in [0.05, 0.1) is 29.9 Å². The molecule has 0 N–H and O–H groups in total. The lowest BCUT2D eigenvalue weighted by atomic mass is 9.91. The minimum atomic E-state index is -0.205. The number of hydrogen-bond acceptors (Lipinski definition) is 6. The zero-order valence-corrected chi connectivity index (χ0v) is 18.6. The number of carbonyl (C=O) groups is 1. The highest BCUT2D eigenvalue weighted by Gasteiger charge is 2.32. The highest BCUT2D eigenvalue weighted by atomic mass is 16.5. The van der Waals surface area contributed by atoms with Gasteiger partial charge in [-0.2, -0.15) is 4.74 Å². The first-order chi connectivity index (χ1) is 16.1. The van der Waals surface area contributed by atoms with Gasteiger partial charge in [-0.1, -0.05) is 18.2 Å². The van der Waals surface area contributed by atoms with Gasteiger partial charge < -0.3 is 19.7 Å². The Morgan fingerprint density at radius 2 is 2.09 bits per heavy atom. The molecule has 33 heavy (non-hydrogen) atoms. The largest absolute Gasteiger partial charge is 0.618 e. The van der Waals surface area contributed by atoms with Gasteiger partial charge in [0, 0.05) is 38.1 Å². The van der Waals surface area contributed by atoms with Gasteiger partial charge in [-0.15, -0.1) is 0 Å². The predicted octanol–water partition coefficient (Wildman–Crippen LogP) is 3.37. The van der Waals surface area contributed by atoms with Crippen LogP contribution in [0.25, 0.3) is 0 Å². The van der Waals surface area contributed by atoms with Crippen molar-refractivity contribution in [1.82, 2.24) is 9.97 Å². The summed E-state index contributed by atoms with van der Waals surface area (Å²) in [6.45, 7) is 3.10. The molecule has 0 radical (unpaired) electrons. The van der Waals surface area contributed by atoms with E-state index in [-0.39, 0.29) is 17.9 Å². The Labute approximate surface area is 192 Å². The Morgan fingerprint density at radius 1 is 1.21 bits per heavy atom. The smallest absolute Gasteiger partial charge is 0.261 e. The summed E-state index contributed by atoms with van der Waals surface area (Å²) in [6.07, 6.45) is 14.8. The lowest BCUT2D eigenvalue weighted by Gasteiger charge is -2.25. The molecule has 2 aliphatic heterocycles. The second-order valence-electron chi connectivity index (χ2n) is 8.12. The van der Waals surface area contributed by atoms with E-state index in [1.165, 1.54) is 6.20 Å². The summed E-state index contributed by atoms with van der Waals surface area (Å²) in [5.74, 6) is 1.12. The van der Waals surface area contributed by atoms with Crippen LogP contribution in [0.5, 0.6) is 0 Å². The molecule has 2 aromatic rings. The molecule has 4 heterocycles. The summed E-state index contributed by atoms with van der Waals surface area (Å²) in [5, 5.41) is 12.0. The Morgan fingerprint density at radius 3 is 2.94 bits per heavy atom. The van der Waals surface area contributed by atoms with Gasteiger partial charge in [0.25, 0.3) is 5.91 Å². The molecule has 0 saturated heterocycles. The number of hydroxylamine groups is 1. The van der Waals surface area contributed by atoms with E-state index in [9.17, 15) is 10.0 Å². The molecule has 8 nitrogen and oxygen atoms in total. The van der Waals surface area contributed by atoms with E-state index >= 15 is 0 Å². The number of aromatic nitrogens is 2. The molecule has 0 saturated carbocycles. The molecule has 5 rings (SSSR count). The van der Waals surface area contributed by atoms with Gasteiger partial charge in [-0.25, -0.2) is 9.97 Å². The van der Waals surface area contributed by atoms with Crippen LogP contribution in [-0.2, 0) is 11.2 Å². The SMILES string of the molecule is CCN1c2ncc(CCOC3C=C[N+]([O-])=C4C=CC=CC43)cc2C(=O)N(C)c2cccnc21. The lowest BCUT2D eigenvalue weighted by molar-refractivity contribution is -0.384. The van der Waals surface area contributed by atoms with Gasteiger partial charge >= 0.3 is 0 Å². The minimum Gasteiger partial charge on any atom is -0.618 e. The van der Waals surface area contributed by atoms with E-state index in [1.807, 2.05) is 54.3 Å². The quantitative estimate of drug-likeness (QED) is 0.520. The van der Waals surface area contributed by atoms with Gasteiger partial charge in [-0.05, 0) is 37.1 Å². The molecule has 8 heteroatoms. The third-order valence-corrected chi connectivity index (χ3v) is 6.17. The van der Waals surface area contributed by atoms with Crippen molar-refractivity contribution in [1.29, 1.82) is 0 Å². The van der Waals surface area contributed by atoms with Crippen LogP contribution >= 0.6 is 0 Å². The highest BCUT2D eigenvalue weighted by Crippen LogP contribution is 2.37. The fraction of sp³-hybridized carbons (Fsp3) is 0.280. The number of amides is 1. The average molecular weight is 444 g/mol. The summed E-state index contributed by atoms with van der Waals surface area (Å²) in [5.41, 5.74) is 2.90. The number of ether oxygens (including phenoxy) is 1. The number of carbonyl (C=O) groups excluding carboxylic acids is 1. The molecule has 0 fully saturated rings. The van der Waals surface area contributed by atoms with Crippen LogP contribution in [0.1, 0.15) is 22.8 Å². The molecule has 2 aromatic heterocycles. The Hall–Kier alpha value is -3.78. The summed E-state index contributed by atoms with van der Waals surface area (Å²) >= 11 is 0. The number of anilines is 3. The maximum absolute atomic E-state index is 13.3. The standard InChI is InChI=1S/C25H25N5O3/c1-3-29-23-19(25(31)28(2)21-9-6-12-26-24(21)29)15-17(16-27-23)11-14-33-22-10-13-30(32)20-8-5-4-7-18(20)22/h4-10,12-13,15-16,18,22H,3,11,14H2,1-2H3. The summed E-state index contributed by atoms with van der Waals surface area (Å²) in [7, 11) is 1.76. The second-order valence-corrected chi connectivity index (χ2v) is 8.12. The second kappa shape index (κ2) is 8.63. The normalized spacial score (nSPS) is 21.1. The monoisotopic (exact) mass is 443 g/mol. The van der Waals surface area contributed by atoms with Crippen LogP contribution in [0.4, 0.5) is 17.3 Å². The van der Waals surface area contributed by atoms with Crippen molar-refractivity contribution in [3.05, 3.63) is 83.5 Å². The molecule has 0 spiro atoms. The molecule has 2 atom stereocenters. The number of pyridine rings is 2. The first kappa shape index (κ1) is 21.1. The van der Waals surface area contributed by atoms with Crippen molar-refractivity contribution in [2.45, 2.75) is 19.4 Å². The Bertz CT molecular complexity index is 1220. The van der Waals surface area contributed by atoms with Gasteiger partial charge in [-0.3, -0.25) is 4.79 Å². The maximum atomic E-state index is 13.3. The molecule has 168 valence electrons. The van der Waals surface area contributed by atoms with Crippen molar-refractivity contribution in [3.8, 4) is 0 Å². The van der Waals surface area contributed by atoms with Crippen LogP contribution in [0.15, 0.2) is 67.2 Å². The zero-order chi connectivity index (χ0) is 22.9. The first-order valence-electron chi connectivity index (χ1n) is 11.1. The highest BCUT2D eigenvalue weighted by molar-refractivity contribution is 6.12. The van der Waals surface area contributed by atoms with Crippen molar-refractivity contribution in [2.75, 3.05) is 30.0 Å². The maximum Gasteiger partial charge on any atom is 0.261 e. The molecule has 1 amide bonds. The van der Waals surface area contributed by atoms with Crippen molar-refractivity contribution < 1.29 is 14.3 Å². The van der Waals surface area contributed by atoms with E-state index in [0.717, 1.165) is 21.8 Å². The van der Waals surface area contributed by atoms with Gasteiger partial charge in [0.1, 0.15) is 5.82 Å². The summed E-state index contributed by atoms with van der Waals surface area (Å²) in [6, 6.07) is 5.62. The fourth-order valence-corrected chi connectivity index (χ4v) is 4.44. The molecular weight excluding hydrogens is 418 g/mol. The molecular formula is C25H25N5O3. The summed E-state index contributed by atoms with van der Waals surface area (Å²) in [4.78, 5) is 26.0. The number of hydrogen-bond donors (Lipinski definition) is 0. The number of fused-ring (bicyclic) bond motifs is 3. The zero-order valence-electron chi connectivity index (χ0n) is 18.6. The van der Waals surface area contributed by atoms with E-state index in [1.54, 1.807) is 30.4 Å². The molecule has 0 bridgehead atoms. The molecule has 3 aliphatic rings. The van der Waals surface area contributed by atoms with Crippen LogP contribution < -0.4 is 9.80 Å². The number of rotatable bonds is 5. The van der Waals surface area contributed by atoms with Crippen LogP contribution in [-0.4, -0.2) is 52.6 Å². The fourth-order valence-electron chi connectivity index (χ4n) is 4.44.